The van der Waals surface area contributed by atoms with Crippen LogP contribution in [0, 0.1) is 0 Å². The number of ether oxygens (including phenoxy) is 2. The van der Waals surface area contributed by atoms with Gasteiger partial charge in [-0.15, -0.1) is 0 Å². The Kier molecular flexibility index (Phi) is 7.92. The Morgan fingerprint density at radius 2 is 1.75 bits per heavy atom. The van der Waals surface area contributed by atoms with Crippen molar-refractivity contribution in [2.75, 3.05) is 26.3 Å². The zero-order valence-corrected chi connectivity index (χ0v) is 13.2. The van der Waals surface area contributed by atoms with Gasteiger partial charge in [0, 0.05) is 19.1 Å². The van der Waals surface area contributed by atoms with Crippen molar-refractivity contribution >= 4 is 6.09 Å². The SMILES string of the molecule is CC(C)(C)OC(=O)NCCOCCNC1CCCCC1. The summed E-state index contributed by atoms with van der Waals surface area (Å²) in [5, 5.41) is 6.19. The molecule has 0 spiro atoms. The summed E-state index contributed by atoms with van der Waals surface area (Å²) in [6.07, 6.45) is 6.27. The molecule has 5 heteroatoms. The summed E-state index contributed by atoms with van der Waals surface area (Å²) in [5.74, 6) is 0. The van der Waals surface area contributed by atoms with Gasteiger partial charge in [0.2, 0.25) is 0 Å². The number of hydrogen-bond acceptors (Lipinski definition) is 4. The lowest BCUT2D eigenvalue weighted by Crippen LogP contribution is -2.35. The smallest absolute Gasteiger partial charge is 0.407 e. The average molecular weight is 286 g/mol. The normalized spacial score (nSPS) is 16.9. The van der Waals surface area contributed by atoms with Crippen LogP contribution in [0.25, 0.3) is 0 Å². The van der Waals surface area contributed by atoms with Crippen LogP contribution in [-0.4, -0.2) is 44.0 Å². The molecule has 0 atom stereocenters. The fraction of sp³-hybridized carbons (Fsp3) is 0.933. The highest BCUT2D eigenvalue weighted by Crippen LogP contribution is 2.16. The zero-order valence-electron chi connectivity index (χ0n) is 13.2. The van der Waals surface area contributed by atoms with Crippen LogP contribution in [0.2, 0.25) is 0 Å². The minimum absolute atomic E-state index is 0.388. The molecule has 0 bridgehead atoms. The monoisotopic (exact) mass is 286 g/mol. The Hall–Kier alpha value is -0.810. The van der Waals surface area contributed by atoms with Crippen LogP contribution in [0.4, 0.5) is 4.79 Å². The van der Waals surface area contributed by atoms with Gasteiger partial charge in [-0.05, 0) is 33.6 Å². The van der Waals surface area contributed by atoms with E-state index in [4.69, 9.17) is 9.47 Å². The molecule has 0 saturated heterocycles. The lowest BCUT2D eigenvalue weighted by Gasteiger charge is -2.22. The molecule has 1 fully saturated rings. The highest BCUT2D eigenvalue weighted by molar-refractivity contribution is 5.67. The van der Waals surface area contributed by atoms with Gasteiger partial charge >= 0.3 is 6.09 Å². The summed E-state index contributed by atoms with van der Waals surface area (Å²) in [5.41, 5.74) is -0.450. The maximum Gasteiger partial charge on any atom is 0.407 e. The van der Waals surface area contributed by atoms with E-state index in [9.17, 15) is 4.79 Å². The highest BCUT2D eigenvalue weighted by atomic mass is 16.6. The number of amides is 1. The van der Waals surface area contributed by atoms with E-state index in [1.807, 2.05) is 20.8 Å². The van der Waals surface area contributed by atoms with Crippen LogP contribution in [0.5, 0.6) is 0 Å². The number of rotatable bonds is 7. The van der Waals surface area contributed by atoms with Crippen LogP contribution in [-0.2, 0) is 9.47 Å². The van der Waals surface area contributed by atoms with E-state index in [2.05, 4.69) is 10.6 Å². The Balaban J connectivity index is 1.88. The summed E-state index contributed by atoms with van der Waals surface area (Å²) < 4.78 is 10.6. The molecule has 0 radical (unpaired) electrons. The van der Waals surface area contributed by atoms with Gasteiger partial charge in [0.1, 0.15) is 5.60 Å². The van der Waals surface area contributed by atoms with Crippen molar-refractivity contribution in [1.29, 1.82) is 0 Å². The molecule has 0 aliphatic heterocycles. The molecule has 0 aromatic rings. The summed E-state index contributed by atoms with van der Waals surface area (Å²) in [7, 11) is 0. The van der Waals surface area contributed by atoms with Crippen LogP contribution in [0.15, 0.2) is 0 Å². The predicted octanol–water partition coefficient (Wildman–Crippen LogP) is 2.45. The van der Waals surface area contributed by atoms with Crippen molar-refractivity contribution in [3.8, 4) is 0 Å². The summed E-state index contributed by atoms with van der Waals surface area (Å²) in [4.78, 5) is 11.4. The summed E-state index contributed by atoms with van der Waals surface area (Å²) in [6.45, 7) is 8.12. The van der Waals surface area contributed by atoms with Crippen LogP contribution < -0.4 is 10.6 Å². The number of carbonyl (C=O) groups is 1. The molecule has 0 unspecified atom stereocenters. The molecule has 20 heavy (non-hydrogen) atoms. The van der Waals surface area contributed by atoms with E-state index in [0.717, 1.165) is 6.54 Å². The zero-order chi connectivity index (χ0) is 14.8. The third kappa shape index (κ3) is 9.15. The van der Waals surface area contributed by atoms with E-state index in [1.165, 1.54) is 32.1 Å². The average Bonchev–Trinajstić information content (AvgIpc) is 2.37. The molecule has 5 nitrogen and oxygen atoms in total. The minimum Gasteiger partial charge on any atom is -0.444 e. The number of nitrogens with one attached hydrogen (secondary N) is 2. The fourth-order valence-corrected chi connectivity index (χ4v) is 2.28. The van der Waals surface area contributed by atoms with E-state index < -0.39 is 5.60 Å². The first-order valence-electron chi connectivity index (χ1n) is 7.75. The van der Waals surface area contributed by atoms with Gasteiger partial charge in [0.05, 0.1) is 13.2 Å². The van der Waals surface area contributed by atoms with Gasteiger partial charge in [0.15, 0.2) is 0 Å². The van der Waals surface area contributed by atoms with E-state index in [0.29, 0.717) is 25.8 Å². The van der Waals surface area contributed by atoms with Crippen LogP contribution >= 0.6 is 0 Å². The second kappa shape index (κ2) is 9.19. The van der Waals surface area contributed by atoms with Crippen LogP contribution in [0.3, 0.4) is 0 Å². The quantitative estimate of drug-likeness (QED) is 0.706. The van der Waals surface area contributed by atoms with Crippen molar-refractivity contribution in [3.63, 3.8) is 0 Å². The molecule has 0 aromatic heterocycles. The van der Waals surface area contributed by atoms with Gasteiger partial charge in [-0.2, -0.15) is 0 Å². The van der Waals surface area contributed by atoms with Gasteiger partial charge in [-0.3, -0.25) is 0 Å². The molecule has 0 heterocycles. The number of alkyl carbamates (subject to hydrolysis) is 1. The topological polar surface area (TPSA) is 59.6 Å². The highest BCUT2D eigenvalue weighted by Gasteiger charge is 2.15. The van der Waals surface area contributed by atoms with Crippen molar-refractivity contribution in [1.82, 2.24) is 10.6 Å². The van der Waals surface area contributed by atoms with Crippen molar-refractivity contribution in [3.05, 3.63) is 0 Å². The summed E-state index contributed by atoms with van der Waals surface area (Å²) >= 11 is 0. The molecule has 1 aliphatic carbocycles. The molecule has 1 rings (SSSR count). The molecule has 1 saturated carbocycles. The third-order valence-corrected chi connectivity index (χ3v) is 3.20. The minimum atomic E-state index is -0.450. The molecule has 118 valence electrons. The third-order valence-electron chi connectivity index (χ3n) is 3.20. The second-order valence-electron chi connectivity index (χ2n) is 6.33. The molecule has 1 aliphatic rings. The van der Waals surface area contributed by atoms with Crippen molar-refractivity contribution in [2.24, 2.45) is 0 Å². The van der Waals surface area contributed by atoms with E-state index >= 15 is 0 Å². The van der Waals surface area contributed by atoms with E-state index in [-0.39, 0.29) is 6.09 Å². The molecule has 2 N–H and O–H groups in total. The predicted molar refractivity (Wildman–Crippen MR) is 79.9 cm³/mol. The number of hydrogen-bond donors (Lipinski definition) is 2. The first kappa shape index (κ1) is 17.2. The maximum absolute atomic E-state index is 11.4. The first-order chi connectivity index (χ1) is 9.47. The van der Waals surface area contributed by atoms with Crippen molar-refractivity contribution in [2.45, 2.75) is 64.5 Å². The largest absolute Gasteiger partial charge is 0.444 e. The lowest BCUT2D eigenvalue weighted by atomic mass is 9.96. The van der Waals surface area contributed by atoms with Gasteiger partial charge in [-0.25, -0.2) is 4.79 Å². The Labute approximate surface area is 122 Å². The fourth-order valence-electron chi connectivity index (χ4n) is 2.28. The molecular weight excluding hydrogens is 256 g/mol. The summed E-state index contributed by atoms with van der Waals surface area (Å²) in [6, 6.07) is 0.673. The second-order valence-corrected chi connectivity index (χ2v) is 6.33. The maximum atomic E-state index is 11.4. The Morgan fingerprint density at radius 3 is 2.40 bits per heavy atom. The van der Waals surface area contributed by atoms with Crippen molar-refractivity contribution < 1.29 is 14.3 Å². The Morgan fingerprint density at radius 1 is 1.10 bits per heavy atom. The molecular formula is C15H30N2O3. The standard InChI is InChI=1S/C15H30N2O3/c1-15(2,3)20-14(18)17-10-12-19-11-9-16-13-7-5-4-6-8-13/h13,16H,4-12H2,1-3H3,(H,17,18). The number of carbonyl (C=O) groups excluding carboxylic acids is 1. The van der Waals surface area contributed by atoms with Gasteiger partial charge < -0.3 is 20.1 Å². The lowest BCUT2D eigenvalue weighted by molar-refractivity contribution is 0.0499. The Bertz CT molecular complexity index is 271. The van der Waals surface area contributed by atoms with Gasteiger partial charge in [-0.1, -0.05) is 19.3 Å². The first-order valence-corrected chi connectivity index (χ1v) is 7.75. The van der Waals surface area contributed by atoms with Crippen LogP contribution in [0.1, 0.15) is 52.9 Å². The molecule has 1 amide bonds. The van der Waals surface area contributed by atoms with E-state index in [1.54, 1.807) is 0 Å². The van der Waals surface area contributed by atoms with Gasteiger partial charge in [0.25, 0.3) is 0 Å². The molecule has 0 aromatic carbocycles.